The average Bonchev–Trinajstić information content (AvgIpc) is 2.88. The smallest absolute Gasteiger partial charge is 0.435 e. The molecule has 0 amide bonds. The van der Waals surface area contributed by atoms with Gasteiger partial charge in [-0.3, -0.25) is 9.59 Å². The van der Waals surface area contributed by atoms with Gasteiger partial charge >= 0.3 is 12.1 Å². The van der Waals surface area contributed by atoms with E-state index in [0.717, 1.165) is 4.68 Å². The minimum atomic E-state index is -4.70. The molecule has 0 fully saturated rings. The summed E-state index contributed by atoms with van der Waals surface area (Å²) in [5.74, 6) is -1.54. The van der Waals surface area contributed by atoms with E-state index in [-0.39, 0.29) is 24.1 Å². The van der Waals surface area contributed by atoms with Crippen LogP contribution in [0.2, 0.25) is 0 Å². The molecule has 0 spiro atoms. The molecule has 2 aromatic rings. The van der Waals surface area contributed by atoms with E-state index in [4.69, 9.17) is 5.11 Å². The largest absolute Gasteiger partial charge is 0.481 e. The van der Waals surface area contributed by atoms with Crippen LogP contribution in [-0.4, -0.2) is 26.6 Å². The zero-order valence-corrected chi connectivity index (χ0v) is 12.4. The third-order valence-electron chi connectivity index (χ3n) is 3.88. The second-order valence-corrected chi connectivity index (χ2v) is 5.59. The van der Waals surface area contributed by atoms with E-state index in [2.05, 4.69) is 5.10 Å². The summed E-state index contributed by atoms with van der Waals surface area (Å²) < 4.78 is 40.7. The van der Waals surface area contributed by atoms with E-state index in [1.165, 1.54) is 24.3 Å². The standard InChI is InChI=1S/C16H13F3N2O3/c17-16(18,19)15-14-11(2-1-3-12(14)22)21(20-15)10-6-4-9(5-7-10)8-13(23)24/h4-7H,1-3,8H2,(H,23,24). The summed E-state index contributed by atoms with van der Waals surface area (Å²) >= 11 is 0. The Morgan fingerprint density at radius 1 is 1.21 bits per heavy atom. The fourth-order valence-electron chi connectivity index (χ4n) is 2.86. The maximum atomic E-state index is 13.2. The van der Waals surface area contributed by atoms with Crippen LogP contribution in [0.3, 0.4) is 0 Å². The van der Waals surface area contributed by atoms with Crippen molar-refractivity contribution in [2.45, 2.75) is 31.9 Å². The van der Waals surface area contributed by atoms with Gasteiger partial charge in [-0.05, 0) is 30.5 Å². The van der Waals surface area contributed by atoms with Gasteiger partial charge < -0.3 is 5.11 Å². The van der Waals surface area contributed by atoms with Crippen LogP contribution in [0.4, 0.5) is 13.2 Å². The molecule has 126 valence electrons. The van der Waals surface area contributed by atoms with Crippen LogP contribution in [-0.2, 0) is 23.8 Å². The minimum Gasteiger partial charge on any atom is -0.481 e. The quantitative estimate of drug-likeness (QED) is 0.934. The molecule has 0 saturated heterocycles. The van der Waals surface area contributed by atoms with E-state index in [1.54, 1.807) is 0 Å². The number of benzene rings is 1. The summed E-state index contributed by atoms with van der Waals surface area (Å²) in [6.45, 7) is 0. The zero-order valence-electron chi connectivity index (χ0n) is 12.4. The van der Waals surface area contributed by atoms with E-state index in [9.17, 15) is 22.8 Å². The monoisotopic (exact) mass is 338 g/mol. The predicted molar refractivity (Wildman–Crippen MR) is 77.2 cm³/mol. The molecule has 24 heavy (non-hydrogen) atoms. The second-order valence-electron chi connectivity index (χ2n) is 5.59. The highest BCUT2D eigenvalue weighted by molar-refractivity contribution is 5.99. The van der Waals surface area contributed by atoms with Crippen LogP contribution < -0.4 is 0 Å². The zero-order chi connectivity index (χ0) is 17.5. The number of rotatable bonds is 3. The van der Waals surface area contributed by atoms with Crippen molar-refractivity contribution in [2.75, 3.05) is 0 Å². The third-order valence-corrected chi connectivity index (χ3v) is 3.88. The Kier molecular flexibility index (Phi) is 3.90. The number of carbonyl (C=O) groups excluding carboxylic acids is 1. The molecule has 8 heteroatoms. The van der Waals surface area contributed by atoms with Gasteiger partial charge in [-0.25, -0.2) is 4.68 Å². The van der Waals surface area contributed by atoms with Crippen LogP contribution in [0.5, 0.6) is 0 Å². The molecule has 0 saturated carbocycles. The first-order chi connectivity index (χ1) is 11.3. The van der Waals surface area contributed by atoms with Crippen LogP contribution in [0.15, 0.2) is 24.3 Å². The van der Waals surface area contributed by atoms with Crippen LogP contribution >= 0.6 is 0 Å². The summed E-state index contributed by atoms with van der Waals surface area (Å²) in [7, 11) is 0. The molecule has 0 bridgehead atoms. The van der Waals surface area contributed by atoms with Crippen molar-refractivity contribution in [3.8, 4) is 5.69 Å². The van der Waals surface area contributed by atoms with Gasteiger partial charge in [-0.1, -0.05) is 12.1 Å². The van der Waals surface area contributed by atoms with Crippen molar-refractivity contribution in [3.63, 3.8) is 0 Å². The van der Waals surface area contributed by atoms with Gasteiger partial charge in [0.1, 0.15) is 0 Å². The van der Waals surface area contributed by atoms with Crippen LogP contribution in [0, 0.1) is 0 Å². The number of carbonyl (C=O) groups is 2. The van der Waals surface area contributed by atoms with Gasteiger partial charge in [-0.15, -0.1) is 0 Å². The average molecular weight is 338 g/mol. The molecule has 1 heterocycles. The van der Waals surface area contributed by atoms with Crippen molar-refractivity contribution in [1.82, 2.24) is 9.78 Å². The number of aliphatic carboxylic acids is 1. The first-order valence-corrected chi connectivity index (χ1v) is 7.31. The van der Waals surface area contributed by atoms with Crippen molar-refractivity contribution in [2.24, 2.45) is 0 Å². The van der Waals surface area contributed by atoms with Crippen molar-refractivity contribution < 1.29 is 27.9 Å². The van der Waals surface area contributed by atoms with Gasteiger partial charge in [0.25, 0.3) is 0 Å². The molecule has 0 unspecified atom stereocenters. The highest BCUT2D eigenvalue weighted by atomic mass is 19.4. The summed E-state index contributed by atoms with van der Waals surface area (Å²) in [4.78, 5) is 22.6. The highest BCUT2D eigenvalue weighted by Crippen LogP contribution is 2.36. The Hall–Kier alpha value is -2.64. The number of hydrogen-bond acceptors (Lipinski definition) is 3. The number of hydrogen-bond donors (Lipinski definition) is 1. The van der Waals surface area contributed by atoms with Crippen molar-refractivity contribution in [3.05, 3.63) is 46.8 Å². The number of halogens is 3. The number of alkyl halides is 3. The maximum absolute atomic E-state index is 13.2. The highest BCUT2D eigenvalue weighted by Gasteiger charge is 2.42. The number of ketones is 1. The number of nitrogens with zero attached hydrogens (tertiary/aromatic N) is 2. The number of carboxylic acid groups (broad SMARTS) is 1. The number of aromatic nitrogens is 2. The molecule has 1 N–H and O–H groups in total. The first-order valence-electron chi connectivity index (χ1n) is 7.31. The van der Waals surface area contributed by atoms with Crippen LogP contribution in [0.25, 0.3) is 5.69 Å². The van der Waals surface area contributed by atoms with E-state index in [1.807, 2.05) is 0 Å². The molecule has 1 aromatic carbocycles. The lowest BCUT2D eigenvalue weighted by molar-refractivity contribution is -0.141. The summed E-state index contributed by atoms with van der Waals surface area (Å²) in [6.07, 6.45) is -3.98. The Labute approximate surface area is 134 Å². The van der Waals surface area contributed by atoms with Gasteiger partial charge in [0.15, 0.2) is 11.5 Å². The minimum absolute atomic E-state index is 0.0827. The lowest BCUT2D eigenvalue weighted by atomic mass is 9.94. The molecule has 1 aromatic heterocycles. The Bertz CT molecular complexity index is 807. The van der Waals surface area contributed by atoms with Gasteiger partial charge in [0, 0.05) is 6.42 Å². The van der Waals surface area contributed by atoms with E-state index < -0.39 is 23.6 Å². The summed E-state index contributed by atoms with van der Waals surface area (Å²) in [6, 6.07) is 6.06. The fourth-order valence-corrected chi connectivity index (χ4v) is 2.86. The number of Topliss-reactive ketones (excluding diaryl/α,β-unsaturated/α-hetero) is 1. The van der Waals surface area contributed by atoms with Crippen LogP contribution in [0.1, 0.15) is 40.2 Å². The summed E-state index contributed by atoms with van der Waals surface area (Å²) in [5, 5.41) is 12.4. The van der Waals surface area contributed by atoms with Gasteiger partial charge in [0.2, 0.25) is 0 Å². The molecule has 0 aliphatic heterocycles. The molecular formula is C16H13F3N2O3. The Morgan fingerprint density at radius 3 is 2.46 bits per heavy atom. The van der Waals surface area contributed by atoms with Crippen molar-refractivity contribution >= 4 is 11.8 Å². The van der Waals surface area contributed by atoms with E-state index >= 15 is 0 Å². The fraction of sp³-hybridized carbons (Fsp3) is 0.312. The third kappa shape index (κ3) is 2.91. The molecule has 3 rings (SSSR count). The Balaban J connectivity index is 2.08. The molecule has 1 aliphatic rings. The second kappa shape index (κ2) is 5.77. The SMILES string of the molecule is O=C(O)Cc1ccc(-n2nc(C(F)(F)F)c3c2CCCC3=O)cc1. The summed E-state index contributed by atoms with van der Waals surface area (Å²) in [5.41, 5.74) is -0.352. The van der Waals surface area contributed by atoms with Crippen molar-refractivity contribution in [1.29, 1.82) is 0 Å². The lowest BCUT2D eigenvalue weighted by Crippen LogP contribution is -2.16. The molecule has 0 atom stereocenters. The topological polar surface area (TPSA) is 72.2 Å². The van der Waals surface area contributed by atoms with Gasteiger partial charge in [-0.2, -0.15) is 18.3 Å². The normalized spacial score (nSPS) is 14.5. The number of fused-ring (bicyclic) bond motifs is 1. The Morgan fingerprint density at radius 2 is 1.88 bits per heavy atom. The maximum Gasteiger partial charge on any atom is 0.435 e. The first kappa shape index (κ1) is 16.2. The molecular weight excluding hydrogens is 325 g/mol. The predicted octanol–water partition coefficient (Wildman–Crippen LogP) is 3.04. The number of carboxylic acids is 1. The lowest BCUT2D eigenvalue weighted by Gasteiger charge is -2.14. The molecule has 5 nitrogen and oxygen atoms in total. The molecule has 1 aliphatic carbocycles. The van der Waals surface area contributed by atoms with E-state index in [0.29, 0.717) is 24.1 Å². The van der Waals surface area contributed by atoms with Gasteiger partial charge in [0.05, 0.1) is 23.4 Å². The molecule has 0 radical (unpaired) electrons.